The quantitative estimate of drug-likeness (QED) is 0.894. The summed E-state index contributed by atoms with van der Waals surface area (Å²) in [4.78, 5) is 12.3. The third-order valence-corrected chi connectivity index (χ3v) is 5.74. The summed E-state index contributed by atoms with van der Waals surface area (Å²) in [6.45, 7) is 0.927. The lowest BCUT2D eigenvalue weighted by atomic mass is 10.1. The Balaban J connectivity index is 1.64. The van der Waals surface area contributed by atoms with Crippen molar-refractivity contribution in [1.29, 1.82) is 0 Å². The molecule has 23 heavy (non-hydrogen) atoms. The highest BCUT2D eigenvalue weighted by atomic mass is 32.2. The number of rotatable bonds is 4. The first-order chi connectivity index (χ1) is 10.9. The molecule has 1 N–H and O–H groups in total. The van der Waals surface area contributed by atoms with Gasteiger partial charge in [-0.05, 0) is 42.5 Å². The van der Waals surface area contributed by atoms with Crippen LogP contribution in [-0.2, 0) is 32.4 Å². The maximum atomic E-state index is 12.3. The van der Waals surface area contributed by atoms with Crippen molar-refractivity contribution in [2.24, 2.45) is 0 Å². The molecule has 3 rings (SSSR count). The van der Waals surface area contributed by atoms with Crippen LogP contribution in [0.5, 0.6) is 0 Å². The highest BCUT2D eigenvalue weighted by molar-refractivity contribution is 7.88. The van der Waals surface area contributed by atoms with Crippen molar-refractivity contribution >= 4 is 21.6 Å². The van der Waals surface area contributed by atoms with Crippen molar-refractivity contribution in [1.82, 2.24) is 4.31 Å². The Bertz CT molecular complexity index is 702. The maximum absolute atomic E-state index is 12.3. The van der Waals surface area contributed by atoms with E-state index < -0.39 is 16.1 Å². The van der Waals surface area contributed by atoms with E-state index >= 15 is 0 Å². The van der Waals surface area contributed by atoms with E-state index in [-0.39, 0.29) is 18.9 Å². The van der Waals surface area contributed by atoms with Gasteiger partial charge < -0.3 is 10.1 Å². The van der Waals surface area contributed by atoms with Gasteiger partial charge in [0.05, 0.1) is 25.5 Å². The number of fused-ring (bicyclic) bond motifs is 1. The molecule has 1 aromatic carbocycles. The number of amides is 1. The minimum Gasteiger partial charge on any atom is -0.378 e. The number of ether oxygens (including phenoxy) is 1. The Hall–Kier alpha value is -1.44. The van der Waals surface area contributed by atoms with Crippen LogP contribution in [0.3, 0.4) is 0 Å². The SMILES string of the molecule is CS(=O)(=O)N1CCOCC1CC(=O)Nc1ccc2c(c1)CCC2. The van der Waals surface area contributed by atoms with Gasteiger partial charge in [-0.2, -0.15) is 4.31 Å². The molecule has 1 atom stereocenters. The van der Waals surface area contributed by atoms with Crippen molar-refractivity contribution < 1.29 is 17.9 Å². The molecule has 1 unspecified atom stereocenters. The second-order valence-electron chi connectivity index (χ2n) is 6.19. The molecule has 0 bridgehead atoms. The Labute approximate surface area is 136 Å². The first kappa shape index (κ1) is 16.4. The van der Waals surface area contributed by atoms with E-state index in [9.17, 15) is 13.2 Å². The van der Waals surface area contributed by atoms with Crippen LogP contribution in [0.25, 0.3) is 0 Å². The average Bonchev–Trinajstić information content (AvgIpc) is 2.94. The molecular weight excluding hydrogens is 316 g/mol. The predicted octanol–water partition coefficient (Wildman–Crippen LogP) is 1.16. The number of morpholine rings is 1. The van der Waals surface area contributed by atoms with Gasteiger partial charge in [0.15, 0.2) is 0 Å². The van der Waals surface area contributed by atoms with Gasteiger partial charge in [-0.3, -0.25) is 4.79 Å². The number of aryl methyl sites for hydroxylation is 2. The smallest absolute Gasteiger partial charge is 0.226 e. The minimum absolute atomic E-state index is 0.101. The Morgan fingerprint density at radius 2 is 2.13 bits per heavy atom. The molecule has 1 fully saturated rings. The lowest BCUT2D eigenvalue weighted by Crippen LogP contribution is -2.49. The van der Waals surface area contributed by atoms with Crippen molar-refractivity contribution in [3.8, 4) is 0 Å². The molecule has 126 valence electrons. The molecule has 2 aliphatic rings. The van der Waals surface area contributed by atoms with Crippen LogP contribution in [0.4, 0.5) is 5.69 Å². The van der Waals surface area contributed by atoms with Gasteiger partial charge in [0, 0.05) is 18.7 Å². The van der Waals surface area contributed by atoms with Gasteiger partial charge in [0.1, 0.15) is 0 Å². The molecule has 0 saturated carbocycles. The zero-order valence-electron chi connectivity index (χ0n) is 13.2. The molecule has 7 heteroatoms. The minimum atomic E-state index is -3.33. The fraction of sp³-hybridized carbons (Fsp3) is 0.562. The summed E-state index contributed by atoms with van der Waals surface area (Å²) in [5.74, 6) is -0.188. The fourth-order valence-electron chi connectivity index (χ4n) is 3.31. The summed E-state index contributed by atoms with van der Waals surface area (Å²) in [6.07, 6.45) is 4.59. The molecule has 0 radical (unpaired) electrons. The summed E-state index contributed by atoms with van der Waals surface area (Å²) < 4.78 is 30.3. The third-order valence-electron chi connectivity index (χ3n) is 4.40. The third kappa shape index (κ3) is 3.91. The van der Waals surface area contributed by atoms with Crippen molar-refractivity contribution in [2.75, 3.05) is 31.3 Å². The van der Waals surface area contributed by atoms with Crippen LogP contribution in [0, 0.1) is 0 Å². The Kier molecular flexibility index (Phi) is 4.70. The summed E-state index contributed by atoms with van der Waals surface area (Å²) in [5.41, 5.74) is 3.42. The van der Waals surface area contributed by atoms with Crippen LogP contribution in [0.15, 0.2) is 18.2 Å². The van der Waals surface area contributed by atoms with E-state index in [1.54, 1.807) is 0 Å². The summed E-state index contributed by atoms with van der Waals surface area (Å²) >= 11 is 0. The van der Waals surface area contributed by atoms with Gasteiger partial charge in [-0.25, -0.2) is 8.42 Å². The second-order valence-corrected chi connectivity index (χ2v) is 8.13. The zero-order chi connectivity index (χ0) is 16.4. The maximum Gasteiger partial charge on any atom is 0.226 e. The molecule has 1 aliphatic heterocycles. The normalized spacial score (nSPS) is 21.9. The summed E-state index contributed by atoms with van der Waals surface area (Å²) in [7, 11) is -3.33. The monoisotopic (exact) mass is 338 g/mol. The van der Waals surface area contributed by atoms with Gasteiger partial charge in [-0.1, -0.05) is 6.07 Å². The first-order valence-electron chi connectivity index (χ1n) is 7.90. The molecule has 0 aromatic heterocycles. The van der Waals surface area contributed by atoms with Crippen LogP contribution in [-0.4, -0.2) is 50.7 Å². The Morgan fingerprint density at radius 3 is 2.91 bits per heavy atom. The van der Waals surface area contributed by atoms with E-state index in [2.05, 4.69) is 11.4 Å². The Morgan fingerprint density at radius 1 is 1.35 bits per heavy atom. The van der Waals surface area contributed by atoms with Crippen LogP contribution < -0.4 is 5.32 Å². The number of nitrogens with zero attached hydrogens (tertiary/aromatic N) is 1. The van der Waals surface area contributed by atoms with Gasteiger partial charge >= 0.3 is 0 Å². The number of anilines is 1. The number of nitrogens with one attached hydrogen (secondary N) is 1. The van der Waals surface area contributed by atoms with Crippen molar-refractivity contribution in [2.45, 2.75) is 31.7 Å². The average molecular weight is 338 g/mol. The largest absolute Gasteiger partial charge is 0.378 e. The van der Waals surface area contributed by atoms with E-state index in [1.807, 2.05) is 12.1 Å². The number of carbonyl (C=O) groups is 1. The molecule has 1 aromatic rings. The number of sulfonamides is 1. The summed E-state index contributed by atoms with van der Waals surface area (Å²) in [5, 5.41) is 2.87. The molecule has 6 nitrogen and oxygen atoms in total. The van der Waals surface area contributed by atoms with E-state index in [4.69, 9.17) is 4.74 Å². The van der Waals surface area contributed by atoms with Gasteiger partial charge in [0.25, 0.3) is 0 Å². The lowest BCUT2D eigenvalue weighted by molar-refractivity contribution is -0.118. The number of carbonyl (C=O) groups excluding carboxylic acids is 1. The van der Waals surface area contributed by atoms with E-state index in [1.165, 1.54) is 21.7 Å². The van der Waals surface area contributed by atoms with Gasteiger partial charge in [-0.15, -0.1) is 0 Å². The zero-order valence-corrected chi connectivity index (χ0v) is 14.1. The molecule has 1 saturated heterocycles. The van der Waals surface area contributed by atoms with Crippen LogP contribution in [0.1, 0.15) is 24.0 Å². The molecule has 0 spiro atoms. The molecular formula is C16H22N2O4S. The second kappa shape index (κ2) is 6.59. The fourth-order valence-corrected chi connectivity index (χ4v) is 4.40. The molecule has 1 heterocycles. The number of benzene rings is 1. The highest BCUT2D eigenvalue weighted by Crippen LogP contribution is 2.25. The number of hydrogen-bond acceptors (Lipinski definition) is 4. The van der Waals surface area contributed by atoms with Gasteiger partial charge in [0.2, 0.25) is 15.9 Å². The van der Waals surface area contributed by atoms with Crippen LogP contribution >= 0.6 is 0 Å². The lowest BCUT2D eigenvalue weighted by Gasteiger charge is -2.33. The standard InChI is InChI=1S/C16H22N2O4S/c1-23(20,21)18-7-8-22-11-15(18)10-16(19)17-14-6-5-12-3-2-4-13(12)9-14/h5-6,9,15H,2-4,7-8,10-11H2,1H3,(H,17,19). The molecule has 1 amide bonds. The topological polar surface area (TPSA) is 75.7 Å². The van der Waals surface area contributed by atoms with Crippen molar-refractivity contribution in [3.63, 3.8) is 0 Å². The molecule has 1 aliphatic carbocycles. The predicted molar refractivity (Wildman–Crippen MR) is 87.9 cm³/mol. The highest BCUT2D eigenvalue weighted by Gasteiger charge is 2.31. The van der Waals surface area contributed by atoms with E-state index in [0.29, 0.717) is 13.2 Å². The first-order valence-corrected chi connectivity index (χ1v) is 9.74. The van der Waals surface area contributed by atoms with Crippen LogP contribution in [0.2, 0.25) is 0 Å². The van der Waals surface area contributed by atoms with Crippen molar-refractivity contribution in [3.05, 3.63) is 29.3 Å². The summed E-state index contributed by atoms with van der Waals surface area (Å²) in [6, 6.07) is 5.55. The van der Waals surface area contributed by atoms with E-state index in [0.717, 1.165) is 24.9 Å². The number of hydrogen-bond donors (Lipinski definition) is 1.